The Bertz CT molecular complexity index is 826. The molecule has 22 heavy (non-hydrogen) atoms. The number of benzene rings is 1. The molecule has 0 saturated heterocycles. The molecule has 2 aromatic heterocycles. The van der Waals surface area contributed by atoms with Crippen LogP contribution in [0.2, 0.25) is 0 Å². The molecular formula is C16H15N3O3. The molecular weight excluding hydrogens is 282 g/mol. The van der Waals surface area contributed by atoms with E-state index < -0.39 is 5.97 Å². The molecule has 3 aromatic rings. The van der Waals surface area contributed by atoms with Crippen LogP contribution >= 0.6 is 0 Å². The van der Waals surface area contributed by atoms with Crippen molar-refractivity contribution in [2.24, 2.45) is 0 Å². The summed E-state index contributed by atoms with van der Waals surface area (Å²) in [4.78, 5) is 16.0. The number of methoxy groups -OCH3 is 2. The molecule has 3 rings (SSSR count). The molecule has 2 heterocycles. The Morgan fingerprint density at radius 2 is 2.05 bits per heavy atom. The van der Waals surface area contributed by atoms with Crippen LogP contribution in [0.5, 0.6) is 5.75 Å². The van der Waals surface area contributed by atoms with Gasteiger partial charge in [-0.3, -0.25) is 0 Å². The van der Waals surface area contributed by atoms with E-state index in [2.05, 4.69) is 10.1 Å². The Kier molecular flexibility index (Phi) is 3.74. The monoisotopic (exact) mass is 297 g/mol. The number of pyridine rings is 1. The number of carbonyl (C=O) groups excluding carboxylic acids is 1. The fraction of sp³-hybridized carbons (Fsp3) is 0.188. The summed E-state index contributed by atoms with van der Waals surface area (Å²) in [5.41, 5.74) is 2.06. The first-order chi connectivity index (χ1) is 10.7. The van der Waals surface area contributed by atoms with Crippen LogP contribution in [-0.4, -0.2) is 34.8 Å². The number of esters is 1. The van der Waals surface area contributed by atoms with Crippen LogP contribution in [0.3, 0.4) is 0 Å². The standard InChI is InChI=1S/C16H15N3O3/c1-21-13-6-4-3-5-11(13)9-14-17-15-10-12(16(20)22-2)7-8-19(15)18-14/h3-8,10H,9H2,1-2H3. The van der Waals surface area contributed by atoms with Gasteiger partial charge in [-0.05, 0) is 18.2 Å². The van der Waals surface area contributed by atoms with Crippen molar-refractivity contribution in [2.45, 2.75) is 6.42 Å². The average molecular weight is 297 g/mol. The summed E-state index contributed by atoms with van der Waals surface area (Å²) < 4.78 is 11.7. The van der Waals surface area contributed by atoms with Crippen LogP contribution in [0.15, 0.2) is 42.6 Å². The van der Waals surface area contributed by atoms with Crippen molar-refractivity contribution < 1.29 is 14.3 Å². The van der Waals surface area contributed by atoms with Gasteiger partial charge in [-0.2, -0.15) is 5.10 Å². The highest BCUT2D eigenvalue weighted by Gasteiger charge is 2.11. The van der Waals surface area contributed by atoms with Gasteiger partial charge in [-0.25, -0.2) is 14.3 Å². The lowest BCUT2D eigenvalue weighted by molar-refractivity contribution is 0.0600. The Hall–Kier alpha value is -2.89. The molecule has 0 amide bonds. The number of aromatic nitrogens is 3. The minimum atomic E-state index is -0.392. The SMILES string of the molecule is COC(=O)c1ccn2nc(Cc3ccccc3OC)nc2c1. The van der Waals surface area contributed by atoms with E-state index >= 15 is 0 Å². The molecule has 0 fully saturated rings. The predicted molar refractivity (Wildman–Crippen MR) is 80.1 cm³/mol. The van der Waals surface area contributed by atoms with E-state index in [-0.39, 0.29) is 0 Å². The van der Waals surface area contributed by atoms with Gasteiger partial charge in [0, 0.05) is 18.2 Å². The van der Waals surface area contributed by atoms with Crippen LogP contribution in [0, 0.1) is 0 Å². The molecule has 0 radical (unpaired) electrons. The highest BCUT2D eigenvalue weighted by atomic mass is 16.5. The van der Waals surface area contributed by atoms with Crippen molar-refractivity contribution in [1.29, 1.82) is 0 Å². The lowest BCUT2D eigenvalue weighted by Gasteiger charge is -2.05. The molecule has 0 bridgehead atoms. The quantitative estimate of drug-likeness (QED) is 0.690. The maximum atomic E-state index is 11.5. The van der Waals surface area contributed by atoms with Gasteiger partial charge in [-0.1, -0.05) is 18.2 Å². The number of nitrogens with zero attached hydrogens (tertiary/aromatic N) is 3. The van der Waals surface area contributed by atoms with Gasteiger partial charge in [0.25, 0.3) is 0 Å². The molecule has 0 aliphatic carbocycles. The third-order valence-corrected chi connectivity index (χ3v) is 3.34. The smallest absolute Gasteiger partial charge is 0.338 e. The van der Waals surface area contributed by atoms with Crippen molar-refractivity contribution in [3.8, 4) is 5.75 Å². The zero-order valence-electron chi connectivity index (χ0n) is 12.3. The second kappa shape index (κ2) is 5.85. The normalized spacial score (nSPS) is 10.6. The first-order valence-corrected chi connectivity index (χ1v) is 6.77. The number of fused-ring (bicyclic) bond motifs is 1. The van der Waals surface area contributed by atoms with Crippen molar-refractivity contribution in [3.05, 3.63) is 59.5 Å². The van der Waals surface area contributed by atoms with E-state index in [0.717, 1.165) is 11.3 Å². The van der Waals surface area contributed by atoms with Gasteiger partial charge < -0.3 is 9.47 Å². The van der Waals surface area contributed by atoms with E-state index in [4.69, 9.17) is 9.47 Å². The Morgan fingerprint density at radius 1 is 1.23 bits per heavy atom. The maximum Gasteiger partial charge on any atom is 0.338 e. The summed E-state index contributed by atoms with van der Waals surface area (Å²) in [5.74, 6) is 1.07. The molecule has 0 saturated carbocycles. The summed E-state index contributed by atoms with van der Waals surface area (Å²) in [6.07, 6.45) is 2.25. The second-order valence-electron chi connectivity index (χ2n) is 4.73. The van der Waals surface area contributed by atoms with Crippen molar-refractivity contribution >= 4 is 11.6 Å². The van der Waals surface area contributed by atoms with Crippen LogP contribution in [-0.2, 0) is 11.2 Å². The Balaban J connectivity index is 1.93. The minimum Gasteiger partial charge on any atom is -0.496 e. The third kappa shape index (κ3) is 2.63. The van der Waals surface area contributed by atoms with Crippen LogP contribution < -0.4 is 4.74 Å². The van der Waals surface area contributed by atoms with Crippen LogP contribution in [0.4, 0.5) is 0 Å². The zero-order valence-corrected chi connectivity index (χ0v) is 12.3. The van der Waals surface area contributed by atoms with Gasteiger partial charge in [-0.15, -0.1) is 0 Å². The van der Waals surface area contributed by atoms with Crippen molar-refractivity contribution in [3.63, 3.8) is 0 Å². The lowest BCUT2D eigenvalue weighted by atomic mass is 10.1. The van der Waals surface area contributed by atoms with Crippen LogP contribution in [0.25, 0.3) is 5.65 Å². The van der Waals surface area contributed by atoms with E-state index in [1.165, 1.54) is 7.11 Å². The van der Waals surface area contributed by atoms with Gasteiger partial charge in [0.2, 0.25) is 0 Å². The Labute approximate surface area is 127 Å². The number of para-hydroxylation sites is 1. The van der Waals surface area contributed by atoms with Gasteiger partial charge in [0.15, 0.2) is 11.5 Å². The first kappa shape index (κ1) is 14.1. The summed E-state index contributed by atoms with van der Waals surface area (Å²) in [7, 11) is 2.99. The molecule has 0 aliphatic heterocycles. The average Bonchev–Trinajstić information content (AvgIpc) is 2.95. The molecule has 0 aliphatic rings. The predicted octanol–water partition coefficient (Wildman–Crippen LogP) is 2.12. The molecule has 6 nitrogen and oxygen atoms in total. The number of rotatable bonds is 4. The third-order valence-electron chi connectivity index (χ3n) is 3.34. The summed E-state index contributed by atoms with van der Waals surface area (Å²) in [6.45, 7) is 0. The van der Waals surface area contributed by atoms with Crippen molar-refractivity contribution in [1.82, 2.24) is 14.6 Å². The molecule has 112 valence electrons. The number of ether oxygens (including phenoxy) is 2. The fourth-order valence-corrected chi connectivity index (χ4v) is 2.27. The van der Waals surface area contributed by atoms with E-state index in [1.807, 2.05) is 24.3 Å². The number of carbonyl (C=O) groups is 1. The molecule has 0 unspecified atom stereocenters. The summed E-state index contributed by atoms with van der Waals surface area (Å²) >= 11 is 0. The fourth-order valence-electron chi connectivity index (χ4n) is 2.27. The Morgan fingerprint density at radius 3 is 2.82 bits per heavy atom. The molecule has 6 heteroatoms. The van der Waals surface area contributed by atoms with Gasteiger partial charge in [0.05, 0.1) is 19.8 Å². The number of hydrogen-bond donors (Lipinski definition) is 0. The van der Waals surface area contributed by atoms with Gasteiger partial charge in [0.1, 0.15) is 5.75 Å². The van der Waals surface area contributed by atoms with E-state index in [9.17, 15) is 4.79 Å². The lowest BCUT2D eigenvalue weighted by Crippen LogP contribution is -2.02. The topological polar surface area (TPSA) is 65.7 Å². The largest absolute Gasteiger partial charge is 0.496 e. The van der Waals surface area contributed by atoms with E-state index in [0.29, 0.717) is 23.5 Å². The summed E-state index contributed by atoms with van der Waals surface area (Å²) in [6, 6.07) is 11.1. The summed E-state index contributed by atoms with van der Waals surface area (Å²) in [5, 5.41) is 4.41. The molecule has 0 atom stereocenters. The van der Waals surface area contributed by atoms with E-state index in [1.54, 1.807) is 30.0 Å². The first-order valence-electron chi connectivity index (χ1n) is 6.77. The zero-order chi connectivity index (χ0) is 15.5. The molecule has 0 spiro atoms. The maximum absolute atomic E-state index is 11.5. The number of hydrogen-bond acceptors (Lipinski definition) is 5. The highest BCUT2D eigenvalue weighted by Crippen LogP contribution is 2.20. The van der Waals surface area contributed by atoms with Crippen LogP contribution in [0.1, 0.15) is 21.7 Å². The minimum absolute atomic E-state index is 0.392. The van der Waals surface area contributed by atoms with Crippen molar-refractivity contribution in [2.75, 3.05) is 14.2 Å². The molecule has 1 aromatic carbocycles. The van der Waals surface area contributed by atoms with Gasteiger partial charge >= 0.3 is 5.97 Å². The second-order valence-corrected chi connectivity index (χ2v) is 4.73. The molecule has 0 N–H and O–H groups in total. The highest BCUT2D eigenvalue weighted by molar-refractivity contribution is 5.90.